The Morgan fingerprint density at radius 1 is 0.568 bits per heavy atom. The normalized spacial score (nSPS) is 31.5. The Morgan fingerprint density at radius 2 is 1.00 bits per heavy atom. The first-order chi connectivity index (χ1) is 20.5. The predicted molar refractivity (Wildman–Crippen MR) is 138 cm³/mol. The maximum Gasteiger partial charge on any atom is 0.303 e. The van der Waals surface area contributed by atoms with Gasteiger partial charge in [-0.3, -0.25) is 33.6 Å². The number of carbonyl (C=O) groups excluding carboxylic acids is 7. The minimum atomic E-state index is -1.79. The Kier molecular flexibility index (Phi) is 13.4. The van der Waals surface area contributed by atoms with E-state index < -0.39 is 116 Å². The molecule has 2 aliphatic heterocycles. The lowest BCUT2D eigenvalue weighted by molar-refractivity contribution is -0.347. The first-order valence-electron chi connectivity index (χ1n) is 13.4. The van der Waals surface area contributed by atoms with Crippen molar-refractivity contribution in [2.24, 2.45) is 0 Å². The van der Waals surface area contributed by atoms with Crippen molar-refractivity contribution in [1.82, 2.24) is 5.32 Å². The summed E-state index contributed by atoms with van der Waals surface area (Å²) in [6.45, 7) is 6.33. The Hall–Kier alpha value is -3.87. The molecule has 0 aromatic carbocycles. The zero-order chi connectivity index (χ0) is 33.3. The van der Waals surface area contributed by atoms with Gasteiger partial charge in [0.05, 0.1) is 0 Å². The summed E-state index contributed by atoms with van der Waals surface area (Å²) in [6, 6.07) is -1.43. The van der Waals surface area contributed by atoms with E-state index in [1.807, 2.05) is 0 Å². The molecule has 0 spiro atoms. The first kappa shape index (κ1) is 36.3. The molecule has 1 amide bonds. The summed E-state index contributed by atoms with van der Waals surface area (Å²) in [7, 11) is 0. The van der Waals surface area contributed by atoms with Crippen LogP contribution in [0.3, 0.4) is 0 Å². The highest BCUT2D eigenvalue weighted by molar-refractivity contribution is 5.73. The largest absolute Gasteiger partial charge is 0.463 e. The van der Waals surface area contributed by atoms with Crippen LogP contribution in [-0.4, -0.2) is 121 Å². The molecule has 2 heterocycles. The minimum Gasteiger partial charge on any atom is -0.463 e. The van der Waals surface area contributed by atoms with Gasteiger partial charge < -0.3 is 53.1 Å². The Morgan fingerprint density at radius 3 is 1.45 bits per heavy atom. The average molecular weight is 636 g/mol. The van der Waals surface area contributed by atoms with Crippen LogP contribution in [0.4, 0.5) is 0 Å². The van der Waals surface area contributed by atoms with E-state index in [0.29, 0.717) is 0 Å². The van der Waals surface area contributed by atoms with Crippen LogP contribution < -0.4 is 5.32 Å². The predicted octanol–water partition coefficient (Wildman–Crippen LogP) is -1.83. The van der Waals surface area contributed by atoms with Crippen LogP contribution in [0.5, 0.6) is 0 Å². The number of hydrogen-bond donors (Lipinski definition) is 2. The summed E-state index contributed by atoms with van der Waals surface area (Å²) >= 11 is 0. The number of nitrogens with one attached hydrogen (secondary N) is 1. The number of ether oxygens (including phenoxy) is 9. The average Bonchev–Trinajstić information content (AvgIpc) is 2.87. The molecule has 2 N–H and O–H groups in total. The zero-order valence-corrected chi connectivity index (χ0v) is 25.2. The van der Waals surface area contributed by atoms with Gasteiger partial charge >= 0.3 is 35.8 Å². The fourth-order valence-corrected chi connectivity index (χ4v) is 4.59. The second-order valence-electron chi connectivity index (χ2n) is 9.84. The summed E-state index contributed by atoms with van der Waals surface area (Å²) in [5, 5.41) is 13.1. The smallest absolute Gasteiger partial charge is 0.303 e. The van der Waals surface area contributed by atoms with Crippen molar-refractivity contribution in [3.05, 3.63) is 0 Å². The number of esters is 6. The van der Waals surface area contributed by atoms with Crippen LogP contribution >= 0.6 is 0 Å². The fourth-order valence-electron chi connectivity index (χ4n) is 4.59. The molecule has 0 aromatic rings. The van der Waals surface area contributed by atoms with Crippen molar-refractivity contribution in [1.29, 1.82) is 0 Å². The topological polar surface area (TPSA) is 235 Å². The molecule has 0 saturated carbocycles. The second kappa shape index (κ2) is 16.3. The Balaban J connectivity index is 2.66. The molecular weight excluding hydrogens is 598 g/mol. The van der Waals surface area contributed by atoms with Crippen LogP contribution in [0, 0.1) is 0 Å². The molecule has 18 nitrogen and oxygen atoms in total. The van der Waals surface area contributed by atoms with Gasteiger partial charge in [0, 0.05) is 48.5 Å². The number of rotatable bonds is 11. The third-order valence-corrected chi connectivity index (χ3v) is 6.03. The maximum atomic E-state index is 12.2. The van der Waals surface area contributed by atoms with Crippen molar-refractivity contribution in [3.8, 4) is 0 Å². The Bertz CT molecular complexity index is 1090. The molecule has 18 heteroatoms. The lowest BCUT2D eigenvalue weighted by atomic mass is 9.95. The van der Waals surface area contributed by atoms with Gasteiger partial charge in [0.2, 0.25) is 5.91 Å². The first-order valence-corrected chi connectivity index (χ1v) is 13.4. The highest BCUT2D eigenvalue weighted by atomic mass is 16.8. The number of amides is 1. The van der Waals surface area contributed by atoms with Crippen molar-refractivity contribution < 1.29 is 81.3 Å². The molecule has 10 atom stereocenters. The SMILES string of the molecule is CC(=O)N[C@H]1[C@@H](OC(C)=O)[C@@H](O[C@H]2OC(COC(C)=O)[C@H](OC(C)=O)[C@@H](OC(C)=O)[C@@H]2OC(C)=O)C(COC(C)=O)O[C@@H]1O. The highest BCUT2D eigenvalue weighted by Crippen LogP contribution is 2.34. The van der Waals surface area contributed by atoms with E-state index >= 15 is 0 Å². The zero-order valence-electron chi connectivity index (χ0n) is 25.2. The van der Waals surface area contributed by atoms with Crippen LogP contribution in [0.2, 0.25) is 0 Å². The van der Waals surface area contributed by atoms with E-state index in [4.69, 9.17) is 42.6 Å². The van der Waals surface area contributed by atoms with E-state index in [-0.39, 0.29) is 0 Å². The van der Waals surface area contributed by atoms with Gasteiger partial charge in [0.1, 0.15) is 37.6 Å². The molecule has 0 aliphatic carbocycles. The number of hydrogen-bond acceptors (Lipinski definition) is 17. The lowest BCUT2D eigenvalue weighted by Crippen LogP contribution is -2.68. The summed E-state index contributed by atoms with van der Waals surface area (Å²) in [5.41, 5.74) is 0. The quantitative estimate of drug-likeness (QED) is 0.188. The third kappa shape index (κ3) is 10.7. The standard InChI is InChI=1S/C26H37NO17/c1-10(28)27-19-22(39-14(5)32)20(17(42-25(19)35)8-36-11(2)29)44-26-24(41-16(7)34)23(40-15(6)33)21(38-13(4)31)18(43-26)9-37-12(3)30/h17-26,35H,8-9H2,1-7H3,(H,27,28)/t17?,18?,19-,20-,21-,22+,23+,24-,25-,26+/m0/s1. The van der Waals surface area contributed by atoms with E-state index in [0.717, 1.165) is 48.5 Å². The van der Waals surface area contributed by atoms with Gasteiger partial charge in [-0.1, -0.05) is 0 Å². The van der Waals surface area contributed by atoms with Gasteiger partial charge in [0.15, 0.2) is 37.0 Å². The fraction of sp³-hybridized carbons (Fsp3) is 0.731. The van der Waals surface area contributed by atoms with E-state index in [1.54, 1.807) is 0 Å². The summed E-state index contributed by atoms with van der Waals surface area (Å²) in [6.07, 6.45) is -14.2. The molecule has 0 aromatic heterocycles. The van der Waals surface area contributed by atoms with Crippen LogP contribution in [0.1, 0.15) is 48.5 Å². The molecule has 44 heavy (non-hydrogen) atoms. The molecule has 2 fully saturated rings. The molecule has 2 unspecified atom stereocenters. The maximum absolute atomic E-state index is 12.2. The molecule has 2 saturated heterocycles. The highest BCUT2D eigenvalue weighted by Gasteiger charge is 2.56. The van der Waals surface area contributed by atoms with Crippen LogP contribution in [-0.2, 0) is 76.2 Å². The molecular formula is C26H37NO17. The number of carbonyl (C=O) groups is 7. The summed E-state index contributed by atoms with van der Waals surface area (Å²) in [5.74, 6) is -5.68. The monoisotopic (exact) mass is 635 g/mol. The van der Waals surface area contributed by atoms with E-state index in [9.17, 15) is 38.7 Å². The van der Waals surface area contributed by atoms with Crippen molar-refractivity contribution in [2.45, 2.75) is 110 Å². The van der Waals surface area contributed by atoms with Crippen molar-refractivity contribution in [2.75, 3.05) is 13.2 Å². The van der Waals surface area contributed by atoms with Gasteiger partial charge in [-0.15, -0.1) is 0 Å². The third-order valence-electron chi connectivity index (χ3n) is 6.03. The van der Waals surface area contributed by atoms with Gasteiger partial charge in [-0.25, -0.2) is 0 Å². The van der Waals surface area contributed by atoms with Gasteiger partial charge in [0.25, 0.3) is 0 Å². The van der Waals surface area contributed by atoms with Crippen molar-refractivity contribution >= 4 is 41.7 Å². The molecule has 2 aliphatic rings. The lowest BCUT2D eigenvalue weighted by Gasteiger charge is -2.48. The second-order valence-corrected chi connectivity index (χ2v) is 9.84. The van der Waals surface area contributed by atoms with Crippen molar-refractivity contribution in [3.63, 3.8) is 0 Å². The molecule has 2 rings (SSSR count). The Labute approximate surface area is 251 Å². The summed E-state index contributed by atoms with van der Waals surface area (Å²) < 4.78 is 49.2. The van der Waals surface area contributed by atoms with Gasteiger partial charge in [-0.05, 0) is 0 Å². The van der Waals surface area contributed by atoms with E-state index in [2.05, 4.69) is 5.32 Å². The molecule has 248 valence electrons. The van der Waals surface area contributed by atoms with Crippen LogP contribution in [0.25, 0.3) is 0 Å². The minimum absolute atomic E-state index is 0.559. The van der Waals surface area contributed by atoms with Gasteiger partial charge in [-0.2, -0.15) is 0 Å². The summed E-state index contributed by atoms with van der Waals surface area (Å²) in [4.78, 5) is 83.6. The van der Waals surface area contributed by atoms with Crippen LogP contribution in [0.15, 0.2) is 0 Å². The van der Waals surface area contributed by atoms with E-state index in [1.165, 1.54) is 0 Å². The number of aliphatic hydroxyl groups is 1. The number of aliphatic hydroxyl groups excluding tert-OH is 1. The molecule has 0 radical (unpaired) electrons. The molecule has 0 bridgehead atoms.